The highest BCUT2D eigenvalue weighted by Gasteiger charge is 2.17. The van der Waals surface area contributed by atoms with E-state index in [0.717, 1.165) is 34.9 Å². The standard InChI is InChI=1S/C45H34N2/c1-3-18-38(19-4-1)46(44-24-12-9-16-36-14-7-10-22-42(36)44)40-30-26-34(27-31-40)35-28-32-41(33-29-35)47(39-20-5-2-6-21-39)45-25-13-17-37-15-8-11-23-43(37)45/h1-23,25-33H,24H2. The smallest absolute Gasteiger partial charge is 0.0540 e. The van der Waals surface area contributed by atoms with E-state index < -0.39 is 0 Å². The van der Waals surface area contributed by atoms with Crippen molar-refractivity contribution in [3.05, 3.63) is 199 Å². The molecule has 0 unspecified atom stereocenters. The summed E-state index contributed by atoms with van der Waals surface area (Å²) in [5.41, 5.74) is 9.35. The van der Waals surface area contributed by atoms with E-state index in [0.29, 0.717) is 0 Å². The molecule has 0 radical (unpaired) electrons. The molecule has 0 saturated heterocycles. The number of nitrogens with zero attached hydrogens (tertiary/aromatic N) is 2. The summed E-state index contributed by atoms with van der Waals surface area (Å²) in [5.74, 6) is 0. The minimum atomic E-state index is 0.847. The number of hydrogen-bond acceptors (Lipinski definition) is 2. The Kier molecular flexibility index (Phi) is 7.67. The van der Waals surface area contributed by atoms with Gasteiger partial charge >= 0.3 is 0 Å². The number of para-hydroxylation sites is 2. The van der Waals surface area contributed by atoms with Gasteiger partial charge in [-0.25, -0.2) is 0 Å². The van der Waals surface area contributed by atoms with Crippen LogP contribution in [0.15, 0.2) is 188 Å². The highest BCUT2D eigenvalue weighted by atomic mass is 15.2. The number of hydrogen-bond donors (Lipinski definition) is 0. The Balaban J connectivity index is 1.17. The van der Waals surface area contributed by atoms with Crippen molar-refractivity contribution in [2.24, 2.45) is 0 Å². The van der Waals surface area contributed by atoms with Crippen LogP contribution in [0, 0.1) is 0 Å². The van der Waals surface area contributed by atoms with Crippen molar-refractivity contribution in [1.29, 1.82) is 0 Å². The predicted molar refractivity (Wildman–Crippen MR) is 200 cm³/mol. The maximum atomic E-state index is 2.40. The molecule has 7 aromatic rings. The van der Waals surface area contributed by atoms with E-state index in [9.17, 15) is 0 Å². The Morgan fingerprint density at radius 1 is 0.404 bits per heavy atom. The summed E-state index contributed by atoms with van der Waals surface area (Å²) in [7, 11) is 0. The lowest BCUT2D eigenvalue weighted by Crippen LogP contribution is -2.31. The summed E-state index contributed by atoms with van der Waals surface area (Å²) in [6.45, 7) is 0. The van der Waals surface area contributed by atoms with Gasteiger partial charge in [0.2, 0.25) is 0 Å². The third-order valence-corrected chi connectivity index (χ3v) is 8.89. The largest absolute Gasteiger partial charge is 0.313 e. The third-order valence-electron chi connectivity index (χ3n) is 8.89. The second-order valence-corrected chi connectivity index (χ2v) is 11.8. The van der Waals surface area contributed by atoms with Gasteiger partial charge in [0.15, 0.2) is 0 Å². The highest BCUT2D eigenvalue weighted by molar-refractivity contribution is 5.99. The summed E-state index contributed by atoms with van der Waals surface area (Å²) in [6, 6.07) is 63.0. The van der Waals surface area contributed by atoms with Crippen molar-refractivity contribution < 1.29 is 0 Å². The number of anilines is 5. The van der Waals surface area contributed by atoms with E-state index >= 15 is 0 Å². The molecule has 0 amide bonds. The molecule has 0 N–H and O–H groups in total. The Bertz CT molecular complexity index is 2300. The second-order valence-electron chi connectivity index (χ2n) is 11.8. The van der Waals surface area contributed by atoms with Crippen LogP contribution < -0.4 is 20.2 Å². The lowest BCUT2D eigenvalue weighted by molar-refractivity contribution is 1.19. The Labute approximate surface area is 276 Å². The van der Waals surface area contributed by atoms with Gasteiger partial charge in [-0.15, -0.1) is 0 Å². The predicted octanol–water partition coefficient (Wildman–Crippen LogP) is 10.7. The normalized spacial score (nSPS) is 12.2. The molecule has 7 aromatic carbocycles. The summed E-state index contributed by atoms with van der Waals surface area (Å²) >= 11 is 0. The SMILES string of the molecule is C1=CCC(N(c2ccccc2)c2ccc(-c3ccc(N(c4ccccc4)c4cccc5ccccc45)cc3)cc2)=c2ccccc2=C1. The summed E-state index contributed by atoms with van der Waals surface area (Å²) in [6.07, 6.45) is 7.47. The first-order chi connectivity index (χ1) is 23.3. The first kappa shape index (κ1) is 28.4. The van der Waals surface area contributed by atoms with Crippen LogP contribution in [0.5, 0.6) is 0 Å². The quantitative estimate of drug-likeness (QED) is 0.179. The Morgan fingerprint density at radius 2 is 0.936 bits per heavy atom. The molecule has 2 nitrogen and oxygen atoms in total. The summed E-state index contributed by atoms with van der Waals surface area (Å²) < 4.78 is 0. The fraction of sp³-hybridized carbons (Fsp3) is 0.0222. The van der Waals surface area contributed by atoms with E-state index in [1.165, 1.54) is 38.0 Å². The first-order valence-corrected chi connectivity index (χ1v) is 16.2. The Hall–Kier alpha value is -6.12. The maximum Gasteiger partial charge on any atom is 0.0540 e. The molecule has 0 saturated carbocycles. The molecule has 0 spiro atoms. The van der Waals surface area contributed by atoms with Gasteiger partial charge in [0.05, 0.1) is 5.69 Å². The van der Waals surface area contributed by atoms with Crippen LogP contribution in [-0.4, -0.2) is 0 Å². The van der Waals surface area contributed by atoms with E-state index in [1.54, 1.807) is 0 Å². The van der Waals surface area contributed by atoms with E-state index in [-0.39, 0.29) is 0 Å². The van der Waals surface area contributed by atoms with Crippen molar-refractivity contribution in [3.63, 3.8) is 0 Å². The van der Waals surface area contributed by atoms with Gasteiger partial charge in [-0.05, 0) is 76.3 Å². The maximum absolute atomic E-state index is 2.40. The molecule has 0 aromatic heterocycles. The monoisotopic (exact) mass is 602 g/mol. The average molecular weight is 603 g/mol. The molecule has 0 aliphatic heterocycles. The van der Waals surface area contributed by atoms with Crippen LogP contribution in [0.4, 0.5) is 28.4 Å². The lowest BCUT2D eigenvalue weighted by atomic mass is 10.0. The van der Waals surface area contributed by atoms with Gasteiger partial charge in [0, 0.05) is 45.5 Å². The minimum Gasteiger partial charge on any atom is -0.313 e. The number of benzene rings is 7. The topological polar surface area (TPSA) is 6.48 Å². The molecular weight excluding hydrogens is 569 g/mol. The van der Waals surface area contributed by atoms with Crippen molar-refractivity contribution in [2.45, 2.75) is 6.42 Å². The molecule has 0 atom stereocenters. The van der Waals surface area contributed by atoms with Gasteiger partial charge < -0.3 is 9.80 Å². The van der Waals surface area contributed by atoms with Crippen LogP contribution in [0.25, 0.3) is 33.7 Å². The molecule has 1 aliphatic rings. The summed E-state index contributed by atoms with van der Waals surface area (Å²) in [4.78, 5) is 4.75. The lowest BCUT2D eigenvalue weighted by Gasteiger charge is -2.28. The van der Waals surface area contributed by atoms with Crippen LogP contribution in [-0.2, 0) is 0 Å². The van der Waals surface area contributed by atoms with Gasteiger partial charge in [-0.2, -0.15) is 0 Å². The van der Waals surface area contributed by atoms with Gasteiger partial charge in [-0.3, -0.25) is 0 Å². The Morgan fingerprint density at radius 3 is 1.64 bits per heavy atom. The van der Waals surface area contributed by atoms with Gasteiger partial charge in [-0.1, -0.05) is 140 Å². The number of fused-ring (bicyclic) bond motifs is 2. The molecule has 47 heavy (non-hydrogen) atoms. The van der Waals surface area contributed by atoms with Gasteiger partial charge in [0.25, 0.3) is 0 Å². The van der Waals surface area contributed by atoms with E-state index in [2.05, 4.69) is 204 Å². The minimum absolute atomic E-state index is 0.847. The van der Waals surface area contributed by atoms with E-state index in [4.69, 9.17) is 0 Å². The van der Waals surface area contributed by atoms with Crippen molar-refractivity contribution in [2.75, 3.05) is 9.80 Å². The fourth-order valence-corrected chi connectivity index (χ4v) is 6.63. The van der Waals surface area contributed by atoms with Crippen LogP contribution >= 0.6 is 0 Å². The highest BCUT2D eigenvalue weighted by Crippen LogP contribution is 2.40. The zero-order valence-corrected chi connectivity index (χ0v) is 26.1. The average Bonchev–Trinajstić information content (AvgIpc) is 3.36. The molecule has 0 fully saturated rings. The van der Waals surface area contributed by atoms with Crippen molar-refractivity contribution in [3.8, 4) is 11.1 Å². The van der Waals surface area contributed by atoms with Gasteiger partial charge in [0.1, 0.15) is 0 Å². The second kappa shape index (κ2) is 12.7. The van der Waals surface area contributed by atoms with Crippen LogP contribution in [0.3, 0.4) is 0 Å². The van der Waals surface area contributed by atoms with Crippen molar-refractivity contribution >= 4 is 51.0 Å². The zero-order valence-electron chi connectivity index (χ0n) is 26.1. The first-order valence-electron chi connectivity index (χ1n) is 16.2. The molecule has 1 aliphatic carbocycles. The molecular formula is C45H34N2. The third kappa shape index (κ3) is 5.62. The molecule has 2 heteroatoms. The molecule has 8 rings (SSSR count). The fourth-order valence-electron chi connectivity index (χ4n) is 6.63. The zero-order chi connectivity index (χ0) is 31.4. The van der Waals surface area contributed by atoms with Crippen molar-refractivity contribution in [1.82, 2.24) is 0 Å². The number of rotatable bonds is 7. The summed E-state index contributed by atoms with van der Waals surface area (Å²) in [5, 5.41) is 4.95. The molecule has 0 bridgehead atoms. The molecule has 224 valence electrons. The number of allylic oxidation sites excluding steroid dienone is 1. The molecule has 0 heterocycles. The van der Waals surface area contributed by atoms with Crippen LogP contribution in [0.1, 0.15) is 6.42 Å². The van der Waals surface area contributed by atoms with E-state index in [1.807, 2.05) is 0 Å². The van der Waals surface area contributed by atoms with Crippen LogP contribution in [0.2, 0.25) is 0 Å².